The minimum atomic E-state index is -4.38. The molecule has 4 nitrogen and oxygen atoms in total. The third-order valence-corrected chi connectivity index (χ3v) is 3.99. The average molecular weight is 304 g/mol. The standard InChI is InChI=1S/C14H19F3N2O2/c1-20-13(5-7-21-8-6-13)12(19-18)10-3-2-4-11(9-10)14(15,16)17/h2-4,9,12,19H,5-8,18H2,1H3. The summed E-state index contributed by atoms with van der Waals surface area (Å²) in [5.41, 5.74) is 1.70. The number of benzene rings is 1. The number of ether oxygens (including phenoxy) is 2. The molecule has 0 aromatic heterocycles. The summed E-state index contributed by atoms with van der Waals surface area (Å²) in [4.78, 5) is 0. The minimum Gasteiger partial charge on any atom is -0.381 e. The molecule has 1 aromatic rings. The fourth-order valence-electron chi connectivity index (χ4n) is 2.77. The summed E-state index contributed by atoms with van der Waals surface area (Å²) in [6.07, 6.45) is -3.26. The third-order valence-electron chi connectivity index (χ3n) is 3.99. The molecule has 0 bridgehead atoms. The fraction of sp³-hybridized carbons (Fsp3) is 0.571. The van der Waals surface area contributed by atoms with Crippen LogP contribution >= 0.6 is 0 Å². The van der Waals surface area contributed by atoms with Gasteiger partial charge in [0, 0.05) is 33.2 Å². The topological polar surface area (TPSA) is 56.5 Å². The van der Waals surface area contributed by atoms with Gasteiger partial charge in [-0.3, -0.25) is 11.3 Å². The quantitative estimate of drug-likeness (QED) is 0.662. The van der Waals surface area contributed by atoms with Crippen LogP contribution in [0.1, 0.15) is 30.0 Å². The highest BCUT2D eigenvalue weighted by Gasteiger charge is 2.42. The number of hydrazine groups is 1. The summed E-state index contributed by atoms with van der Waals surface area (Å²) in [5.74, 6) is 5.60. The Balaban J connectivity index is 2.36. The monoisotopic (exact) mass is 304 g/mol. The zero-order valence-electron chi connectivity index (χ0n) is 11.7. The van der Waals surface area contributed by atoms with E-state index < -0.39 is 23.4 Å². The maximum Gasteiger partial charge on any atom is 0.416 e. The van der Waals surface area contributed by atoms with Gasteiger partial charge in [-0.1, -0.05) is 12.1 Å². The van der Waals surface area contributed by atoms with E-state index in [1.54, 1.807) is 13.2 Å². The Labute approximate surface area is 121 Å². The van der Waals surface area contributed by atoms with Crippen LogP contribution in [0, 0.1) is 0 Å². The summed E-state index contributed by atoms with van der Waals surface area (Å²) in [6.45, 7) is 0.982. The van der Waals surface area contributed by atoms with E-state index in [0.29, 0.717) is 31.6 Å². The zero-order chi connectivity index (χ0) is 15.5. The molecule has 21 heavy (non-hydrogen) atoms. The summed E-state index contributed by atoms with van der Waals surface area (Å²) < 4.78 is 49.5. The van der Waals surface area contributed by atoms with Crippen molar-refractivity contribution in [3.8, 4) is 0 Å². The molecule has 0 radical (unpaired) electrons. The molecule has 1 saturated heterocycles. The molecule has 1 aliphatic rings. The molecule has 1 unspecified atom stereocenters. The first-order chi connectivity index (χ1) is 9.93. The van der Waals surface area contributed by atoms with Gasteiger partial charge in [0.15, 0.2) is 0 Å². The number of halogens is 3. The molecule has 0 amide bonds. The Morgan fingerprint density at radius 1 is 1.33 bits per heavy atom. The molecule has 1 atom stereocenters. The lowest BCUT2D eigenvalue weighted by atomic mass is 9.82. The van der Waals surface area contributed by atoms with Crippen molar-refractivity contribution in [1.82, 2.24) is 5.43 Å². The van der Waals surface area contributed by atoms with Crippen LogP contribution in [0.4, 0.5) is 13.2 Å². The highest BCUT2D eigenvalue weighted by atomic mass is 19.4. The van der Waals surface area contributed by atoms with Gasteiger partial charge in [0.25, 0.3) is 0 Å². The predicted molar refractivity (Wildman–Crippen MR) is 71.3 cm³/mol. The number of nitrogens with two attached hydrogens (primary N) is 1. The van der Waals surface area contributed by atoms with Gasteiger partial charge in [-0.25, -0.2) is 0 Å². The fourth-order valence-corrected chi connectivity index (χ4v) is 2.77. The zero-order valence-corrected chi connectivity index (χ0v) is 11.7. The van der Waals surface area contributed by atoms with Crippen molar-refractivity contribution in [2.75, 3.05) is 20.3 Å². The summed E-state index contributed by atoms with van der Waals surface area (Å²) in [5, 5.41) is 0. The molecule has 118 valence electrons. The van der Waals surface area contributed by atoms with Crippen LogP contribution < -0.4 is 11.3 Å². The smallest absolute Gasteiger partial charge is 0.381 e. The van der Waals surface area contributed by atoms with Gasteiger partial charge in [-0.2, -0.15) is 13.2 Å². The van der Waals surface area contributed by atoms with Crippen molar-refractivity contribution >= 4 is 0 Å². The van der Waals surface area contributed by atoms with Crippen LogP contribution in [0.15, 0.2) is 24.3 Å². The van der Waals surface area contributed by atoms with E-state index in [0.717, 1.165) is 12.1 Å². The first kappa shape index (κ1) is 16.2. The molecule has 1 aromatic carbocycles. The first-order valence-corrected chi connectivity index (χ1v) is 6.69. The second-order valence-corrected chi connectivity index (χ2v) is 5.10. The van der Waals surface area contributed by atoms with E-state index in [9.17, 15) is 13.2 Å². The van der Waals surface area contributed by atoms with E-state index in [1.165, 1.54) is 6.07 Å². The van der Waals surface area contributed by atoms with Gasteiger partial charge in [0.1, 0.15) is 0 Å². The van der Waals surface area contributed by atoms with Crippen LogP contribution in [-0.4, -0.2) is 25.9 Å². The summed E-state index contributed by atoms with van der Waals surface area (Å²) >= 11 is 0. The lowest BCUT2D eigenvalue weighted by Gasteiger charge is -2.42. The van der Waals surface area contributed by atoms with Crippen molar-refractivity contribution in [3.63, 3.8) is 0 Å². The normalized spacial score (nSPS) is 20.2. The summed E-state index contributed by atoms with van der Waals surface area (Å²) in [6, 6.07) is 4.62. The number of hydrogen-bond donors (Lipinski definition) is 2. The highest BCUT2D eigenvalue weighted by Crippen LogP contribution is 2.38. The molecule has 1 heterocycles. The number of methoxy groups -OCH3 is 1. The van der Waals surface area contributed by atoms with Crippen LogP contribution in [0.2, 0.25) is 0 Å². The van der Waals surface area contributed by atoms with Crippen LogP contribution in [-0.2, 0) is 15.7 Å². The summed E-state index contributed by atoms with van der Waals surface area (Å²) in [7, 11) is 1.54. The van der Waals surface area contributed by atoms with Crippen LogP contribution in [0.5, 0.6) is 0 Å². The van der Waals surface area contributed by atoms with Crippen LogP contribution in [0.3, 0.4) is 0 Å². The average Bonchev–Trinajstić information content (AvgIpc) is 2.48. The first-order valence-electron chi connectivity index (χ1n) is 6.69. The van der Waals surface area contributed by atoms with Crippen molar-refractivity contribution in [1.29, 1.82) is 0 Å². The Kier molecular flexibility index (Phi) is 4.88. The third kappa shape index (κ3) is 3.37. The molecular formula is C14H19F3N2O2. The SMILES string of the molecule is COC1(C(NN)c2cccc(C(F)(F)F)c2)CCOCC1. The van der Waals surface area contributed by atoms with Gasteiger partial charge < -0.3 is 9.47 Å². The Bertz CT molecular complexity index is 474. The lowest BCUT2D eigenvalue weighted by molar-refractivity contribution is -0.138. The molecule has 1 aliphatic heterocycles. The van der Waals surface area contributed by atoms with Crippen molar-refractivity contribution < 1.29 is 22.6 Å². The number of alkyl halides is 3. The Hall–Kier alpha value is -1.15. The molecule has 0 aliphatic carbocycles. The maximum atomic E-state index is 12.9. The molecule has 0 saturated carbocycles. The van der Waals surface area contributed by atoms with Crippen molar-refractivity contribution in [3.05, 3.63) is 35.4 Å². The van der Waals surface area contributed by atoms with E-state index in [4.69, 9.17) is 15.3 Å². The molecule has 2 rings (SSSR count). The second-order valence-electron chi connectivity index (χ2n) is 5.10. The number of hydrogen-bond acceptors (Lipinski definition) is 4. The van der Waals surface area contributed by atoms with Gasteiger partial charge in [-0.05, 0) is 17.7 Å². The Morgan fingerprint density at radius 2 is 2.00 bits per heavy atom. The molecule has 3 N–H and O–H groups in total. The molecule has 7 heteroatoms. The van der Waals surface area contributed by atoms with E-state index >= 15 is 0 Å². The van der Waals surface area contributed by atoms with E-state index in [2.05, 4.69) is 5.43 Å². The molecule has 1 fully saturated rings. The lowest BCUT2D eigenvalue weighted by Crippen LogP contribution is -2.51. The van der Waals surface area contributed by atoms with Gasteiger partial charge in [0.05, 0.1) is 17.2 Å². The van der Waals surface area contributed by atoms with Gasteiger partial charge >= 0.3 is 6.18 Å². The predicted octanol–water partition coefficient (Wildman–Crippen LogP) is 2.41. The van der Waals surface area contributed by atoms with Crippen molar-refractivity contribution in [2.45, 2.75) is 30.7 Å². The number of nitrogens with one attached hydrogen (secondary N) is 1. The minimum absolute atomic E-state index is 0.455. The largest absolute Gasteiger partial charge is 0.416 e. The van der Waals surface area contributed by atoms with E-state index in [-0.39, 0.29) is 0 Å². The van der Waals surface area contributed by atoms with Crippen LogP contribution in [0.25, 0.3) is 0 Å². The van der Waals surface area contributed by atoms with Gasteiger partial charge in [0.2, 0.25) is 0 Å². The van der Waals surface area contributed by atoms with E-state index in [1.807, 2.05) is 0 Å². The highest BCUT2D eigenvalue weighted by molar-refractivity contribution is 5.30. The van der Waals surface area contributed by atoms with Crippen molar-refractivity contribution in [2.24, 2.45) is 5.84 Å². The van der Waals surface area contributed by atoms with Gasteiger partial charge in [-0.15, -0.1) is 0 Å². The second kappa shape index (κ2) is 6.31. The number of rotatable bonds is 4. The molecular weight excluding hydrogens is 285 g/mol. The maximum absolute atomic E-state index is 12.9. The molecule has 0 spiro atoms. The Morgan fingerprint density at radius 3 is 2.52 bits per heavy atom.